The number of rotatable bonds is 8. The Balaban J connectivity index is 2.21. The summed E-state index contributed by atoms with van der Waals surface area (Å²) in [5.74, 6) is -0.642. The molecule has 0 bridgehead atoms. The molecule has 2 rings (SSSR count). The number of halogens is 1. The summed E-state index contributed by atoms with van der Waals surface area (Å²) in [4.78, 5) is 23.6. The van der Waals surface area contributed by atoms with Gasteiger partial charge in [0.15, 0.2) is 0 Å². The van der Waals surface area contributed by atoms with Gasteiger partial charge in [0, 0.05) is 30.6 Å². The van der Waals surface area contributed by atoms with Crippen molar-refractivity contribution < 1.29 is 24.2 Å². The third kappa shape index (κ3) is 4.66. The highest BCUT2D eigenvalue weighted by molar-refractivity contribution is 6.37. The van der Waals surface area contributed by atoms with E-state index >= 15 is 0 Å². The van der Waals surface area contributed by atoms with Gasteiger partial charge >= 0.3 is 11.9 Å². The van der Waals surface area contributed by atoms with Crippen molar-refractivity contribution in [2.75, 3.05) is 13.2 Å². The molecule has 0 amide bonds. The number of phenolic OH excluding ortho intramolecular Hbond substituents is 1. The van der Waals surface area contributed by atoms with Gasteiger partial charge in [0.1, 0.15) is 5.75 Å². The summed E-state index contributed by atoms with van der Waals surface area (Å²) in [5, 5.41) is 10.7. The maximum atomic E-state index is 12.2. The van der Waals surface area contributed by atoms with Crippen LogP contribution >= 0.6 is 11.6 Å². The minimum atomic E-state index is -0.453. The predicted octanol–water partition coefficient (Wildman–Crippen LogP) is 3.91. The zero-order valence-electron chi connectivity index (χ0n) is 14.4. The molecule has 0 atom stereocenters. The molecule has 0 saturated heterocycles. The van der Waals surface area contributed by atoms with Gasteiger partial charge in [-0.05, 0) is 32.8 Å². The summed E-state index contributed by atoms with van der Waals surface area (Å²) in [6.07, 6.45) is 3.42. The number of ether oxygens (including phenoxy) is 2. The summed E-state index contributed by atoms with van der Waals surface area (Å²) < 4.78 is 11.8. The van der Waals surface area contributed by atoms with Crippen molar-refractivity contribution >= 4 is 34.4 Å². The molecule has 0 aliphatic heterocycles. The van der Waals surface area contributed by atoms with Crippen molar-refractivity contribution in [2.45, 2.75) is 39.7 Å². The number of nitrogens with zero attached hydrogens (tertiary/aromatic N) is 1. The molecule has 2 aromatic rings. The first-order chi connectivity index (χ1) is 12.0. The van der Waals surface area contributed by atoms with Gasteiger partial charge in [0.2, 0.25) is 0 Å². The van der Waals surface area contributed by atoms with E-state index in [0.717, 1.165) is 6.42 Å². The normalized spacial score (nSPS) is 10.8. The Bertz CT molecular complexity index is 768. The number of carbonyl (C=O) groups is 2. The summed E-state index contributed by atoms with van der Waals surface area (Å²) >= 11 is 6.22. The number of esters is 2. The first-order valence-electron chi connectivity index (χ1n) is 8.32. The number of aromatic nitrogens is 1. The van der Waals surface area contributed by atoms with Gasteiger partial charge in [0.05, 0.1) is 29.3 Å². The fourth-order valence-corrected chi connectivity index (χ4v) is 3.00. The zero-order valence-corrected chi connectivity index (χ0v) is 15.1. The van der Waals surface area contributed by atoms with Gasteiger partial charge in [-0.25, -0.2) is 4.79 Å². The fraction of sp³-hybridized carbons (Fsp3) is 0.444. The predicted molar refractivity (Wildman–Crippen MR) is 95.1 cm³/mol. The van der Waals surface area contributed by atoms with E-state index in [1.807, 2.05) is 4.57 Å². The molecule has 1 aromatic heterocycles. The van der Waals surface area contributed by atoms with Crippen LogP contribution < -0.4 is 0 Å². The first kappa shape index (κ1) is 19.1. The van der Waals surface area contributed by atoms with E-state index < -0.39 is 5.97 Å². The summed E-state index contributed by atoms with van der Waals surface area (Å²) in [7, 11) is 0. The van der Waals surface area contributed by atoms with Gasteiger partial charge in [-0.3, -0.25) is 4.79 Å². The van der Waals surface area contributed by atoms with E-state index in [0.29, 0.717) is 47.5 Å². The molecular formula is C18H22ClNO5. The lowest BCUT2D eigenvalue weighted by molar-refractivity contribution is -0.143. The van der Waals surface area contributed by atoms with Gasteiger partial charge in [-0.1, -0.05) is 11.6 Å². The Labute approximate surface area is 151 Å². The molecule has 1 N–H and O–H groups in total. The molecule has 6 nitrogen and oxygen atoms in total. The average Bonchev–Trinajstić information content (AvgIpc) is 2.91. The van der Waals surface area contributed by atoms with Gasteiger partial charge < -0.3 is 19.1 Å². The van der Waals surface area contributed by atoms with Crippen LogP contribution in [0.15, 0.2) is 18.3 Å². The Kier molecular flexibility index (Phi) is 6.70. The van der Waals surface area contributed by atoms with Crippen molar-refractivity contribution in [1.29, 1.82) is 0 Å². The van der Waals surface area contributed by atoms with E-state index in [1.54, 1.807) is 26.1 Å². The van der Waals surface area contributed by atoms with E-state index in [-0.39, 0.29) is 18.3 Å². The molecule has 0 saturated carbocycles. The minimum Gasteiger partial charge on any atom is -0.508 e. The quantitative estimate of drug-likeness (QED) is 0.565. The van der Waals surface area contributed by atoms with Crippen LogP contribution in [0.3, 0.4) is 0 Å². The number of benzene rings is 1. The highest BCUT2D eigenvalue weighted by Gasteiger charge is 2.19. The fourth-order valence-electron chi connectivity index (χ4n) is 2.69. The molecule has 0 spiro atoms. The smallest absolute Gasteiger partial charge is 0.340 e. The lowest BCUT2D eigenvalue weighted by Crippen LogP contribution is -2.05. The standard InChI is InChI=1S/C18H22ClNO5/c1-3-24-16(22)7-5-6-8-20-11-13(18(23)25-4-2)17-14(19)9-12(21)10-15(17)20/h9-11,21H,3-8H2,1-2H3. The second-order valence-electron chi connectivity index (χ2n) is 5.54. The average molecular weight is 368 g/mol. The van der Waals surface area contributed by atoms with Crippen LogP contribution in [0.5, 0.6) is 5.75 Å². The number of phenols is 1. The SMILES string of the molecule is CCOC(=O)CCCCn1cc(C(=O)OCC)c2c(Cl)cc(O)cc21. The molecule has 0 radical (unpaired) electrons. The number of fused-ring (bicyclic) bond motifs is 1. The number of hydrogen-bond donors (Lipinski definition) is 1. The minimum absolute atomic E-state index is 0.0267. The van der Waals surface area contributed by atoms with Crippen LogP contribution in [-0.4, -0.2) is 34.8 Å². The second-order valence-corrected chi connectivity index (χ2v) is 5.95. The molecule has 1 aromatic carbocycles. The number of aryl methyl sites for hydroxylation is 1. The van der Waals surface area contributed by atoms with E-state index in [1.165, 1.54) is 6.07 Å². The number of hydrogen-bond acceptors (Lipinski definition) is 5. The van der Waals surface area contributed by atoms with Gasteiger partial charge in [0.25, 0.3) is 0 Å². The summed E-state index contributed by atoms with van der Waals surface area (Å²) in [6, 6.07) is 2.97. The third-order valence-electron chi connectivity index (χ3n) is 3.75. The molecule has 1 heterocycles. The van der Waals surface area contributed by atoms with Gasteiger partial charge in [-0.15, -0.1) is 0 Å². The van der Waals surface area contributed by atoms with E-state index in [9.17, 15) is 14.7 Å². The number of unbranched alkanes of at least 4 members (excludes halogenated alkanes) is 1. The van der Waals surface area contributed by atoms with Crippen molar-refractivity contribution in [3.05, 3.63) is 28.9 Å². The maximum absolute atomic E-state index is 12.2. The molecule has 0 unspecified atom stereocenters. The van der Waals surface area contributed by atoms with Crippen LogP contribution in [0.2, 0.25) is 5.02 Å². The summed E-state index contributed by atoms with van der Waals surface area (Å²) in [6.45, 7) is 4.73. The topological polar surface area (TPSA) is 77.8 Å². The number of aromatic hydroxyl groups is 1. The van der Waals surface area contributed by atoms with Crippen LogP contribution in [0.1, 0.15) is 43.5 Å². The van der Waals surface area contributed by atoms with Crippen molar-refractivity contribution in [2.24, 2.45) is 0 Å². The van der Waals surface area contributed by atoms with Crippen LogP contribution in [0.25, 0.3) is 10.9 Å². The Morgan fingerprint density at radius 3 is 2.56 bits per heavy atom. The van der Waals surface area contributed by atoms with Crippen LogP contribution in [-0.2, 0) is 20.8 Å². The van der Waals surface area contributed by atoms with Crippen molar-refractivity contribution in [1.82, 2.24) is 4.57 Å². The van der Waals surface area contributed by atoms with Crippen LogP contribution in [0, 0.1) is 0 Å². The van der Waals surface area contributed by atoms with Gasteiger partial charge in [-0.2, -0.15) is 0 Å². The molecule has 0 aliphatic rings. The number of carbonyl (C=O) groups excluding carboxylic acids is 2. The van der Waals surface area contributed by atoms with E-state index in [4.69, 9.17) is 21.1 Å². The Hall–Kier alpha value is -2.21. The highest BCUT2D eigenvalue weighted by Crippen LogP contribution is 2.33. The Morgan fingerprint density at radius 2 is 1.88 bits per heavy atom. The second kappa shape index (κ2) is 8.76. The molecule has 0 fully saturated rings. The third-order valence-corrected chi connectivity index (χ3v) is 4.05. The largest absolute Gasteiger partial charge is 0.508 e. The molecule has 25 heavy (non-hydrogen) atoms. The summed E-state index contributed by atoms with van der Waals surface area (Å²) in [5.41, 5.74) is 1.02. The van der Waals surface area contributed by atoms with Crippen molar-refractivity contribution in [3.63, 3.8) is 0 Å². The first-order valence-corrected chi connectivity index (χ1v) is 8.69. The van der Waals surface area contributed by atoms with Crippen LogP contribution in [0.4, 0.5) is 0 Å². The molecule has 0 aliphatic carbocycles. The monoisotopic (exact) mass is 367 g/mol. The maximum Gasteiger partial charge on any atom is 0.340 e. The molecule has 7 heteroatoms. The lowest BCUT2D eigenvalue weighted by Gasteiger charge is -2.06. The Morgan fingerprint density at radius 1 is 1.16 bits per heavy atom. The molecular weight excluding hydrogens is 346 g/mol. The van der Waals surface area contributed by atoms with E-state index in [2.05, 4.69) is 0 Å². The molecule has 136 valence electrons. The highest BCUT2D eigenvalue weighted by atomic mass is 35.5. The lowest BCUT2D eigenvalue weighted by atomic mass is 10.1. The zero-order chi connectivity index (χ0) is 18.4. The van der Waals surface area contributed by atoms with Crippen molar-refractivity contribution in [3.8, 4) is 5.75 Å².